The fourth-order valence-corrected chi connectivity index (χ4v) is 2.58. The van der Waals surface area contributed by atoms with Crippen molar-refractivity contribution in [1.29, 1.82) is 0 Å². The van der Waals surface area contributed by atoms with E-state index in [1.54, 1.807) is 11.3 Å². The summed E-state index contributed by atoms with van der Waals surface area (Å²) >= 11 is 1.76. The molecule has 1 heterocycles. The van der Waals surface area contributed by atoms with Gasteiger partial charge in [0.15, 0.2) is 0 Å². The minimum atomic E-state index is 0.761. The number of nitrogens with one attached hydrogen (secondary N) is 1. The quantitative estimate of drug-likeness (QED) is 0.874. The first kappa shape index (κ1) is 10.9. The highest BCUT2D eigenvalue weighted by Crippen LogP contribution is 2.20. The Balaban J connectivity index is 1.59. The molecule has 0 atom stereocenters. The molecule has 1 N–H and O–H groups in total. The van der Waals surface area contributed by atoms with Crippen molar-refractivity contribution in [2.24, 2.45) is 0 Å². The number of nitrogens with zero attached hydrogens (tertiary/aromatic N) is 1. The predicted molar refractivity (Wildman–Crippen MR) is 71.2 cm³/mol. The molecule has 17 heavy (non-hydrogen) atoms. The molecule has 0 unspecified atom stereocenters. The van der Waals surface area contributed by atoms with E-state index in [9.17, 15) is 0 Å². The molecule has 0 amide bonds. The standard InChI is InChI=1S/C14H16N2S/c1-2-4-11(5-3-1)8-13-10-17-14(16-13)9-15-12-6-7-12/h1-5,10,12,15H,6-9H2. The van der Waals surface area contributed by atoms with E-state index in [0.29, 0.717) is 0 Å². The molecule has 88 valence electrons. The van der Waals surface area contributed by atoms with Crippen molar-refractivity contribution in [3.63, 3.8) is 0 Å². The number of benzene rings is 1. The third-order valence-corrected chi connectivity index (χ3v) is 3.84. The average Bonchev–Trinajstić information content (AvgIpc) is 3.09. The Kier molecular flexibility index (Phi) is 3.20. The van der Waals surface area contributed by atoms with Crippen LogP contribution in [0.15, 0.2) is 35.7 Å². The maximum atomic E-state index is 4.66. The SMILES string of the molecule is c1ccc(Cc2csc(CNC3CC3)n2)cc1. The highest BCUT2D eigenvalue weighted by molar-refractivity contribution is 7.09. The molecule has 1 aliphatic carbocycles. The molecule has 1 aromatic carbocycles. The summed E-state index contributed by atoms with van der Waals surface area (Å²) in [6.07, 6.45) is 3.62. The molecule has 2 nitrogen and oxygen atoms in total. The van der Waals surface area contributed by atoms with Gasteiger partial charge in [-0.1, -0.05) is 30.3 Å². The van der Waals surface area contributed by atoms with Gasteiger partial charge in [-0.3, -0.25) is 0 Å². The van der Waals surface area contributed by atoms with E-state index in [1.807, 2.05) is 0 Å². The van der Waals surface area contributed by atoms with Gasteiger partial charge in [0.1, 0.15) is 5.01 Å². The largest absolute Gasteiger partial charge is 0.308 e. The molecule has 0 spiro atoms. The van der Waals surface area contributed by atoms with Gasteiger partial charge >= 0.3 is 0 Å². The Hall–Kier alpha value is -1.19. The van der Waals surface area contributed by atoms with Crippen molar-refractivity contribution in [2.75, 3.05) is 0 Å². The summed E-state index contributed by atoms with van der Waals surface area (Å²) < 4.78 is 0. The van der Waals surface area contributed by atoms with Crippen LogP contribution in [0, 0.1) is 0 Å². The van der Waals surface area contributed by atoms with Crippen LogP contribution in [0.4, 0.5) is 0 Å². The first-order valence-electron chi connectivity index (χ1n) is 6.11. The number of thiazole rings is 1. The molecule has 2 aromatic rings. The van der Waals surface area contributed by atoms with Crippen LogP contribution in [-0.2, 0) is 13.0 Å². The van der Waals surface area contributed by atoms with Gasteiger partial charge in [-0.25, -0.2) is 4.98 Å². The summed E-state index contributed by atoms with van der Waals surface area (Å²) in [4.78, 5) is 4.66. The summed E-state index contributed by atoms with van der Waals surface area (Å²) in [6, 6.07) is 11.3. The summed E-state index contributed by atoms with van der Waals surface area (Å²) in [5, 5.41) is 6.89. The van der Waals surface area contributed by atoms with E-state index in [4.69, 9.17) is 0 Å². The molecule has 3 heteroatoms. The number of aromatic nitrogens is 1. The van der Waals surface area contributed by atoms with Gasteiger partial charge in [0.2, 0.25) is 0 Å². The summed E-state index contributed by atoms with van der Waals surface area (Å²) in [6.45, 7) is 0.935. The first-order valence-corrected chi connectivity index (χ1v) is 6.99. The predicted octanol–water partition coefficient (Wildman–Crippen LogP) is 2.99. The third kappa shape index (κ3) is 3.14. The second-order valence-electron chi connectivity index (χ2n) is 4.55. The van der Waals surface area contributed by atoms with Crippen molar-refractivity contribution in [3.05, 3.63) is 52.0 Å². The smallest absolute Gasteiger partial charge is 0.107 e. The van der Waals surface area contributed by atoms with E-state index in [0.717, 1.165) is 19.0 Å². The van der Waals surface area contributed by atoms with Crippen LogP contribution in [0.5, 0.6) is 0 Å². The second kappa shape index (κ2) is 4.98. The second-order valence-corrected chi connectivity index (χ2v) is 5.49. The Morgan fingerprint density at radius 3 is 2.82 bits per heavy atom. The van der Waals surface area contributed by atoms with Crippen molar-refractivity contribution >= 4 is 11.3 Å². The molecular formula is C14H16N2S. The minimum absolute atomic E-state index is 0.761. The Morgan fingerprint density at radius 1 is 1.24 bits per heavy atom. The maximum absolute atomic E-state index is 4.66. The zero-order chi connectivity index (χ0) is 11.5. The molecule has 0 saturated heterocycles. The fourth-order valence-electron chi connectivity index (χ4n) is 1.84. The van der Waals surface area contributed by atoms with E-state index < -0.39 is 0 Å². The Bertz CT molecular complexity index is 474. The molecule has 1 aliphatic rings. The normalized spacial score (nSPS) is 15.1. The van der Waals surface area contributed by atoms with E-state index in [1.165, 1.54) is 29.1 Å². The van der Waals surface area contributed by atoms with E-state index in [2.05, 4.69) is 46.0 Å². The molecule has 0 radical (unpaired) electrons. The molecule has 1 saturated carbocycles. The maximum Gasteiger partial charge on any atom is 0.107 e. The van der Waals surface area contributed by atoms with Crippen LogP contribution in [0.3, 0.4) is 0 Å². The van der Waals surface area contributed by atoms with Crippen LogP contribution in [0.25, 0.3) is 0 Å². The van der Waals surface area contributed by atoms with Gasteiger partial charge in [-0.15, -0.1) is 11.3 Å². The van der Waals surface area contributed by atoms with Gasteiger partial charge < -0.3 is 5.32 Å². The topological polar surface area (TPSA) is 24.9 Å². The molecular weight excluding hydrogens is 228 g/mol. The van der Waals surface area contributed by atoms with Crippen LogP contribution < -0.4 is 5.32 Å². The lowest BCUT2D eigenvalue weighted by Gasteiger charge is -1.98. The Labute approximate surface area is 106 Å². The van der Waals surface area contributed by atoms with Gasteiger partial charge in [0.25, 0.3) is 0 Å². The van der Waals surface area contributed by atoms with Crippen molar-refractivity contribution < 1.29 is 0 Å². The summed E-state index contributed by atoms with van der Waals surface area (Å²) in [7, 11) is 0. The summed E-state index contributed by atoms with van der Waals surface area (Å²) in [5.74, 6) is 0. The van der Waals surface area contributed by atoms with Crippen molar-refractivity contribution in [1.82, 2.24) is 10.3 Å². The number of hydrogen-bond acceptors (Lipinski definition) is 3. The van der Waals surface area contributed by atoms with Crippen molar-refractivity contribution in [2.45, 2.75) is 31.8 Å². The molecule has 0 bridgehead atoms. The van der Waals surface area contributed by atoms with Gasteiger partial charge in [-0.2, -0.15) is 0 Å². The van der Waals surface area contributed by atoms with Crippen molar-refractivity contribution in [3.8, 4) is 0 Å². The van der Waals surface area contributed by atoms with Crippen LogP contribution in [0.1, 0.15) is 29.1 Å². The first-order chi connectivity index (χ1) is 8.40. The monoisotopic (exact) mass is 244 g/mol. The number of rotatable bonds is 5. The lowest BCUT2D eigenvalue weighted by atomic mass is 10.1. The van der Waals surface area contributed by atoms with E-state index >= 15 is 0 Å². The molecule has 1 aromatic heterocycles. The highest BCUT2D eigenvalue weighted by atomic mass is 32.1. The van der Waals surface area contributed by atoms with Gasteiger partial charge in [0.05, 0.1) is 5.69 Å². The van der Waals surface area contributed by atoms with Crippen LogP contribution in [0.2, 0.25) is 0 Å². The fraction of sp³-hybridized carbons (Fsp3) is 0.357. The van der Waals surface area contributed by atoms with Gasteiger partial charge in [-0.05, 0) is 18.4 Å². The zero-order valence-corrected chi connectivity index (χ0v) is 10.5. The lowest BCUT2D eigenvalue weighted by Crippen LogP contribution is -2.15. The molecule has 1 fully saturated rings. The Morgan fingerprint density at radius 2 is 2.06 bits per heavy atom. The van der Waals surface area contributed by atoms with E-state index in [-0.39, 0.29) is 0 Å². The minimum Gasteiger partial charge on any atom is -0.308 e. The van der Waals surface area contributed by atoms with Crippen LogP contribution in [-0.4, -0.2) is 11.0 Å². The van der Waals surface area contributed by atoms with Gasteiger partial charge in [0, 0.05) is 24.4 Å². The summed E-state index contributed by atoms with van der Waals surface area (Å²) in [5.41, 5.74) is 2.52. The number of hydrogen-bond donors (Lipinski definition) is 1. The zero-order valence-electron chi connectivity index (χ0n) is 9.73. The molecule has 3 rings (SSSR count). The highest BCUT2D eigenvalue weighted by Gasteiger charge is 2.20. The third-order valence-electron chi connectivity index (χ3n) is 2.95. The van der Waals surface area contributed by atoms with Crippen LogP contribution >= 0.6 is 11.3 Å². The lowest BCUT2D eigenvalue weighted by molar-refractivity contribution is 0.683. The molecule has 0 aliphatic heterocycles. The average molecular weight is 244 g/mol.